The highest BCUT2D eigenvalue weighted by Gasteiger charge is 2.30. The summed E-state index contributed by atoms with van der Waals surface area (Å²) in [6.07, 6.45) is 3.76. The lowest BCUT2D eigenvalue weighted by Crippen LogP contribution is -2.07. The number of Topliss-reactive ketones (excluding diaryl/α,β-unsaturated/α-hetero) is 2. The lowest BCUT2D eigenvalue weighted by Gasteiger charge is -2.10. The van der Waals surface area contributed by atoms with Gasteiger partial charge in [-0.05, 0) is 38.1 Å². The van der Waals surface area contributed by atoms with Crippen LogP contribution in [0.25, 0.3) is 17.0 Å². The fourth-order valence-electron chi connectivity index (χ4n) is 3.33. The number of fused-ring (bicyclic) bond motifs is 2. The number of ketones is 2. The fraction of sp³-hybridized carbons (Fsp3) is 0.182. The molecule has 1 aliphatic rings. The highest BCUT2D eigenvalue weighted by atomic mass is 16.5. The number of benzene rings is 2. The summed E-state index contributed by atoms with van der Waals surface area (Å²) >= 11 is 0. The van der Waals surface area contributed by atoms with E-state index >= 15 is 0 Å². The molecule has 0 aliphatic carbocycles. The molecule has 3 aromatic rings. The quantitative estimate of drug-likeness (QED) is 0.657. The normalized spacial score (nSPS) is 14.5. The Morgan fingerprint density at radius 1 is 1.22 bits per heavy atom. The number of hydrogen-bond donors (Lipinski definition) is 0. The first-order valence-electron chi connectivity index (χ1n) is 8.70. The highest BCUT2D eigenvalue weighted by molar-refractivity contribution is 6.15. The van der Waals surface area contributed by atoms with Crippen molar-refractivity contribution in [3.63, 3.8) is 0 Å². The maximum absolute atomic E-state index is 12.8. The number of nitrogens with zero attached hydrogens (tertiary/aromatic N) is 1. The lowest BCUT2D eigenvalue weighted by atomic mass is 10.1. The van der Waals surface area contributed by atoms with Crippen LogP contribution in [0, 0.1) is 6.92 Å². The monoisotopic (exact) mass is 361 g/mol. The minimum absolute atomic E-state index is 0.00766. The highest BCUT2D eigenvalue weighted by Crippen LogP contribution is 2.39. The van der Waals surface area contributed by atoms with E-state index in [4.69, 9.17) is 9.47 Å². The number of aryl methyl sites for hydroxylation is 1. The number of rotatable bonds is 4. The first-order valence-corrected chi connectivity index (χ1v) is 8.70. The van der Waals surface area contributed by atoms with Gasteiger partial charge in [0.1, 0.15) is 18.1 Å². The zero-order chi connectivity index (χ0) is 19.1. The van der Waals surface area contributed by atoms with Crippen molar-refractivity contribution in [1.29, 1.82) is 0 Å². The van der Waals surface area contributed by atoms with Crippen molar-refractivity contribution in [3.05, 3.63) is 65.0 Å². The molecule has 0 bridgehead atoms. The van der Waals surface area contributed by atoms with Crippen molar-refractivity contribution >= 4 is 28.5 Å². The molecule has 0 atom stereocenters. The summed E-state index contributed by atoms with van der Waals surface area (Å²) < 4.78 is 13.4. The molecule has 2 aromatic carbocycles. The van der Waals surface area contributed by atoms with Gasteiger partial charge in [-0.25, -0.2) is 0 Å². The number of para-hydroxylation sites is 1. The van der Waals surface area contributed by atoms with Crippen LogP contribution in [0.3, 0.4) is 0 Å². The Balaban J connectivity index is 1.71. The Bertz CT molecular complexity index is 1120. The zero-order valence-corrected chi connectivity index (χ0v) is 15.4. The summed E-state index contributed by atoms with van der Waals surface area (Å²) in [6.45, 7) is 3.28. The summed E-state index contributed by atoms with van der Waals surface area (Å²) in [5.74, 6) is 1.10. The minimum atomic E-state index is -0.154. The molecule has 5 nitrogen and oxygen atoms in total. The molecule has 0 amide bonds. The number of carbonyl (C=O) groups is 2. The average Bonchev–Trinajstić information content (AvgIpc) is 3.13. The smallest absolute Gasteiger partial charge is 0.231 e. The van der Waals surface area contributed by atoms with Gasteiger partial charge >= 0.3 is 0 Å². The average molecular weight is 361 g/mol. The molecule has 4 rings (SSSR count). The molecule has 0 N–H and O–H groups in total. The van der Waals surface area contributed by atoms with Crippen molar-refractivity contribution in [2.45, 2.75) is 13.8 Å². The zero-order valence-electron chi connectivity index (χ0n) is 15.4. The number of aromatic nitrogens is 1. The van der Waals surface area contributed by atoms with Gasteiger partial charge in [-0.15, -0.1) is 0 Å². The van der Waals surface area contributed by atoms with Crippen LogP contribution in [0.1, 0.15) is 28.4 Å². The van der Waals surface area contributed by atoms with Crippen LogP contribution < -0.4 is 9.47 Å². The second-order valence-electron chi connectivity index (χ2n) is 6.71. The van der Waals surface area contributed by atoms with Crippen LogP contribution in [0.4, 0.5) is 0 Å². The van der Waals surface area contributed by atoms with Crippen LogP contribution in [0.15, 0.2) is 48.4 Å². The van der Waals surface area contributed by atoms with Gasteiger partial charge in [-0.1, -0.05) is 18.2 Å². The van der Waals surface area contributed by atoms with Crippen LogP contribution in [0.2, 0.25) is 0 Å². The van der Waals surface area contributed by atoms with Crippen molar-refractivity contribution in [2.75, 3.05) is 6.61 Å². The van der Waals surface area contributed by atoms with Crippen LogP contribution in [-0.2, 0) is 11.8 Å². The molecule has 0 unspecified atom stereocenters. The van der Waals surface area contributed by atoms with Gasteiger partial charge in [0.2, 0.25) is 5.78 Å². The van der Waals surface area contributed by atoms with E-state index in [9.17, 15) is 9.59 Å². The molecular formula is C22H19NO4. The molecular weight excluding hydrogens is 342 g/mol. The first kappa shape index (κ1) is 17.1. The third-order valence-electron chi connectivity index (χ3n) is 4.68. The molecule has 0 saturated heterocycles. The Morgan fingerprint density at radius 2 is 2.00 bits per heavy atom. The SMILES string of the molecule is CC(=O)COc1ccc2c(c1C)O/C(=C\c1cn(C)c3ccccc13)C2=O. The molecule has 5 heteroatoms. The summed E-state index contributed by atoms with van der Waals surface area (Å²) in [4.78, 5) is 23.9. The predicted octanol–water partition coefficient (Wildman–Crippen LogP) is 4.07. The predicted molar refractivity (Wildman–Crippen MR) is 103 cm³/mol. The molecule has 2 heterocycles. The third-order valence-corrected chi connectivity index (χ3v) is 4.68. The number of allylic oxidation sites excluding steroid dienone is 1. The third kappa shape index (κ3) is 2.91. The van der Waals surface area contributed by atoms with Crippen molar-refractivity contribution in [3.8, 4) is 11.5 Å². The second-order valence-corrected chi connectivity index (χ2v) is 6.71. The summed E-state index contributed by atoms with van der Waals surface area (Å²) in [6, 6.07) is 11.4. The van der Waals surface area contributed by atoms with Gasteiger partial charge in [0, 0.05) is 35.3 Å². The van der Waals surface area contributed by atoms with Gasteiger partial charge in [-0.3, -0.25) is 9.59 Å². The standard InChI is InChI=1S/C22H19NO4/c1-13(24)12-26-19-9-8-17-21(25)20(27-22(17)14(19)2)10-15-11-23(3)18-7-5-4-6-16(15)18/h4-11H,12H2,1-3H3/b20-10-. The molecule has 27 heavy (non-hydrogen) atoms. The van der Waals surface area contributed by atoms with E-state index in [0.29, 0.717) is 22.6 Å². The van der Waals surface area contributed by atoms with Gasteiger partial charge < -0.3 is 14.0 Å². The van der Waals surface area contributed by atoms with Gasteiger partial charge in [0.15, 0.2) is 11.5 Å². The molecule has 1 aliphatic heterocycles. The van der Waals surface area contributed by atoms with Crippen LogP contribution in [-0.4, -0.2) is 22.7 Å². The van der Waals surface area contributed by atoms with Gasteiger partial charge in [0.25, 0.3) is 0 Å². The molecule has 0 fully saturated rings. The van der Waals surface area contributed by atoms with E-state index in [0.717, 1.165) is 16.5 Å². The van der Waals surface area contributed by atoms with Gasteiger partial charge in [0.05, 0.1) is 5.56 Å². The first-order chi connectivity index (χ1) is 13.0. The Morgan fingerprint density at radius 3 is 2.78 bits per heavy atom. The van der Waals surface area contributed by atoms with Crippen molar-refractivity contribution in [1.82, 2.24) is 4.57 Å². The largest absolute Gasteiger partial charge is 0.485 e. The second kappa shape index (κ2) is 6.43. The van der Waals surface area contributed by atoms with E-state index in [-0.39, 0.29) is 23.9 Å². The Labute approximate surface area is 156 Å². The van der Waals surface area contributed by atoms with E-state index in [2.05, 4.69) is 0 Å². The van der Waals surface area contributed by atoms with E-state index in [1.807, 2.05) is 49.0 Å². The maximum atomic E-state index is 12.8. The number of ether oxygens (including phenoxy) is 2. The molecule has 0 saturated carbocycles. The van der Waals surface area contributed by atoms with E-state index < -0.39 is 0 Å². The topological polar surface area (TPSA) is 57.5 Å². The fourth-order valence-corrected chi connectivity index (χ4v) is 3.33. The van der Waals surface area contributed by atoms with Crippen LogP contribution in [0.5, 0.6) is 11.5 Å². The van der Waals surface area contributed by atoms with Crippen molar-refractivity contribution in [2.24, 2.45) is 7.05 Å². The van der Waals surface area contributed by atoms with Crippen molar-refractivity contribution < 1.29 is 19.1 Å². The maximum Gasteiger partial charge on any atom is 0.231 e. The number of carbonyl (C=O) groups excluding carboxylic acids is 2. The lowest BCUT2D eigenvalue weighted by molar-refractivity contribution is -0.118. The summed E-state index contributed by atoms with van der Waals surface area (Å²) in [5.41, 5.74) is 3.23. The molecule has 0 radical (unpaired) electrons. The Kier molecular flexibility index (Phi) is 4.07. The minimum Gasteiger partial charge on any atom is -0.485 e. The molecule has 1 aromatic heterocycles. The number of hydrogen-bond acceptors (Lipinski definition) is 4. The molecule has 136 valence electrons. The Hall–Kier alpha value is -3.34. The van der Waals surface area contributed by atoms with E-state index in [1.165, 1.54) is 6.92 Å². The van der Waals surface area contributed by atoms with Gasteiger partial charge in [-0.2, -0.15) is 0 Å². The van der Waals surface area contributed by atoms with E-state index in [1.54, 1.807) is 18.2 Å². The van der Waals surface area contributed by atoms with Crippen LogP contribution >= 0.6 is 0 Å². The molecule has 0 spiro atoms. The summed E-state index contributed by atoms with van der Waals surface area (Å²) in [7, 11) is 1.97. The summed E-state index contributed by atoms with van der Waals surface area (Å²) in [5, 5.41) is 1.06.